The minimum atomic E-state index is -0.0325. The Labute approximate surface area is 115 Å². The molecule has 0 bridgehead atoms. The van der Waals surface area contributed by atoms with Gasteiger partial charge in [0.1, 0.15) is 5.75 Å². The molecule has 0 atom stereocenters. The van der Waals surface area contributed by atoms with Crippen LogP contribution in [0.3, 0.4) is 0 Å². The fourth-order valence-corrected chi connectivity index (χ4v) is 2.70. The maximum absolute atomic E-state index is 12.7. The molecule has 0 aliphatic carbocycles. The summed E-state index contributed by atoms with van der Waals surface area (Å²) in [5.74, 6) is 0.699. The number of benzene rings is 1. The topological polar surface area (TPSA) is 44.1 Å². The second-order valence-corrected chi connectivity index (χ2v) is 4.76. The molecule has 0 unspecified atom stereocenters. The van der Waals surface area contributed by atoms with Gasteiger partial charge < -0.3 is 4.74 Å². The number of aromatic nitrogens is 2. The van der Waals surface area contributed by atoms with Crippen LogP contribution in [0.1, 0.15) is 5.56 Å². The third-order valence-electron chi connectivity index (χ3n) is 3.59. The van der Waals surface area contributed by atoms with Crippen molar-refractivity contribution in [1.82, 2.24) is 9.55 Å². The summed E-state index contributed by atoms with van der Waals surface area (Å²) in [4.78, 5) is 17.1. The van der Waals surface area contributed by atoms with Gasteiger partial charge in [-0.1, -0.05) is 18.2 Å². The molecule has 0 saturated carbocycles. The summed E-state index contributed by atoms with van der Waals surface area (Å²) in [7, 11) is 0. The van der Waals surface area contributed by atoms with Crippen molar-refractivity contribution in [2.75, 3.05) is 6.61 Å². The van der Waals surface area contributed by atoms with Gasteiger partial charge in [-0.15, -0.1) is 0 Å². The smallest absolute Gasteiger partial charge is 0.263 e. The van der Waals surface area contributed by atoms with Crippen LogP contribution < -0.4 is 10.3 Å². The molecular formula is C16H12N2O2. The van der Waals surface area contributed by atoms with E-state index in [0.29, 0.717) is 24.4 Å². The molecule has 1 aromatic carbocycles. The van der Waals surface area contributed by atoms with Gasteiger partial charge in [-0.2, -0.15) is 0 Å². The van der Waals surface area contributed by atoms with Crippen LogP contribution in [0.2, 0.25) is 0 Å². The Hall–Kier alpha value is -2.62. The van der Waals surface area contributed by atoms with Crippen LogP contribution >= 0.6 is 0 Å². The van der Waals surface area contributed by atoms with Crippen molar-refractivity contribution in [3.8, 4) is 11.4 Å². The highest BCUT2D eigenvalue weighted by atomic mass is 16.5. The Kier molecular flexibility index (Phi) is 2.36. The first-order valence-electron chi connectivity index (χ1n) is 6.57. The van der Waals surface area contributed by atoms with Crippen LogP contribution in [-0.4, -0.2) is 16.2 Å². The Morgan fingerprint density at radius 1 is 1.10 bits per heavy atom. The van der Waals surface area contributed by atoms with Crippen LogP contribution in [0.15, 0.2) is 53.5 Å². The molecule has 20 heavy (non-hydrogen) atoms. The van der Waals surface area contributed by atoms with E-state index >= 15 is 0 Å². The number of para-hydroxylation sites is 1. The molecule has 0 fully saturated rings. The second kappa shape index (κ2) is 4.20. The number of hydrogen-bond donors (Lipinski definition) is 0. The zero-order valence-electron chi connectivity index (χ0n) is 10.7. The maximum Gasteiger partial charge on any atom is 0.263 e. The van der Waals surface area contributed by atoms with Crippen LogP contribution in [0.25, 0.3) is 16.7 Å². The number of ether oxygens (including phenoxy) is 1. The van der Waals surface area contributed by atoms with Crippen molar-refractivity contribution >= 4 is 11.0 Å². The molecule has 4 nitrogen and oxygen atoms in total. The molecule has 0 spiro atoms. The average molecular weight is 264 g/mol. The number of pyridine rings is 2. The summed E-state index contributed by atoms with van der Waals surface area (Å²) in [6.07, 6.45) is 2.36. The van der Waals surface area contributed by atoms with E-state index in [-0.39, 0.29) is 5.56 Å². The van der Waals surface area contributed by atoms with Crippen LogP contribution in [0.4, 0.5) is 0 Å². The van der Waals surface area contributed by atoms with Gasteiger partial charge in [-0.05, 0) is 24.3 Å². The molecule has 4 rings (SSSR count). The fourth-order valence-electron chi connectivity index (χ4n) is 2.70. The van der Waals surface area contributed by atoms with E-state index in [1.54, 1.807) is 10.8 Å². The molecule has 0 radical (unpaired) electrons. The minimum Gasteiger partial charge on any atom is -0.492 e. The van der Waals surface area contributed by atoms with Gasteiger partial charge in [0.15, 0.2) is 5.65 Å². The Morgan fingerprint density at radius 2 is 1.95 bits per heavy atom. The van der Waals surface area contributed by atoms with Crippen LogP contribution in [0, 0.1) is 0 Å². The number of nitrogens with zero attached hydrogens (tertiary/aromatic N) is 2. The summed E-state index contributed by atoms with van der Waals surface area (Å²) in [5.41, 5.74) is 2.18. The van der Waals surface area contributed by atoms with Gasteiger partial charge in [0.2, 0.25) is 0 Å². The highest BCUT2D eigenvalue weighted by molar-refractivity contribution is 5.85. The van der Waals surface area contributed by atoms with E-state index in [4.69, 9.17) is 4.74 Å². The Bertz CT molecular complexity index is 853. The molecule has 1 aliphatic rings. The fraction of sp³-hybridized carbons (Fsp3) is 0.125. The first kappa shape index (κ1) is 11.2. The average Bonchev–Trinajstić information content (AvgIpc) is 2.99. The molecule has 2 aromatic heterocycles. The van der Waals surface area contributed by atoms with E-state index in [9.17, 15) is 4.79 Å². The molecule has 98 valence electrons. The third kappa shape index (κ3) is 1.48. The zero-order valence-corrected chi connectivity index (χ0v) is 10.7. The molecule has 1 aliphatic heterocycles. The zero-order chi connectivity index (χ0) is 13.5. The van der Waals surface area contributed by atoms with Crippen molar-refractivity contribution in [3.05, 3.63) is 64.6 Å². The van der Waals surface area contributed by atoms with Gasteiger partial charge in [-0.3, -0.25) is 9.36 Å². The Balaban J connectivity index is 2.19. The van der Waals surface area contributed by atoms with Crippen molar-refractivity contribution in [2.24, 2.45) is 0 Å². The van der Waals surface area contributed by atoms with Gasteiger partial charge >= 0.3 is 0 Å². The van der Waals surface area contributed by atoms with Gasteiger partial charge in [0.25, 0.3) is 5.56 Å². The largest absolute Gasteiger partial charge is 0.492 e. The van der Waals surface area contributed by atoms with E-state index < -0.39 is 0 Å². The van der Waals surface area contributed by atoms with Crippen molar-refractivity contribution in [2.45, 2.75) is 6.42 Å². The van der Waals surface area contributed by atoms with Gasteiger partial charge in [0, 0.05) is 12.6 Å². The summed E-state index contributed by atoms with van der Waals surface area (Å²) in [5, 5.41) is 0.892. The molecule has 3 heterocycles. The number of fused-ring (bicyclic) bond motifs is 3. The monoisotopic (exact) mass is 264 g/mol. The molecule has 4 heteroatoms. The van der Waals surface area contributed by atoms with E-state index in [0.717, 1.165) is 16.6 Å². The summed E-state index contributed by atoms with van der Waals surface area (Å²) in [6.45, 7) is 0.563. The maximum atomic E-state index is 12.7. The van der Waals surface area contributed by atoms with Gasteiger partial charge in [0.05, 0.1) is 23.2 Å². The van der Waals surface area contributed by atoms with E-state index in [1.807, 2.05) is 42.5 Å². The lowest BCUT2D eigenvalue weighted by Crippen LogP contribution is -2.22. The number of rotatable bonds is 1. The van der Waals surface area contributed by atoms with Crippen molar-refractivity contribution in [1.29, 1.82) is 0 Å². The van der Waals surface area contributed by atoms with Crippen LogP contribution in [-0.2, 0) is 6.42 Å². The lowest BCUT2D eigenvalue weighted by atomic mass is 10.1. The standard InChI is InChI=1S/C16H12N2O2/c19-16-13-8-10-20-14(13)12-7-4-9-17-15(12)18(16)11-5-2-1-3-6-11/h1-7,9H,8,10H2. The molecule has 3 aromatic rings. The molecular weight excluding hydrogens is 252 g/mol. The van der Waals surface area contributed by atoms with Crippen molar-refractivity contribution < 1.29 is 4.74 Å². The predicted molar refractivity (Wildman–Crippen MR) is 76.5 cm³/mol. The van der Waals surface area contributed by atoms with Crippen molar-refractivity contribution in [3.63, 3.8) is 0 Å². The lowest BCUT2D eigenvalue weighted by molar-refractivity contribution is 0.360. The SMILES string of the molecule is O=c1c2c(c3cccnc3n1-c1ccccc1)OCC2. The normalized spacial score (nSPS) is 13.2. The summed E-state index contributed by atoms with van der Waals surface area (Å²) >= 11 is 0. The van der Waals surface area contributed by atoms with Gasteiger partial charge in [-0.25, -0.2) is 4.98 Å². The first-order chi connectivity index (χ1) is 9.86. The van der Waals surface area contributed by atoms with E-state index in [2.05, 4.69) is 4.98 Å². The Morgan fingerprint density at radius 3 is 2.80 bits per heavy atom. The minimum absolute atomic E-state index is 0.0325. The second-order valence-electron chi connectivity index (χ2n) is 4.76. The molecule has 0 N–H and O–H groups in total. The lowest BCUT2D eigenvalue weighted by Gasteiger charge is -2.12. The highest BCUT2D eigenvalue weighted by Crippen LogP contribution is 2.31. The van der Waals surface area contributed by atoms with E-state index in [1.165, 1.54) is 0 Å². The predicted octanol–water partition coefficient (Wildman–Crippen LogP) is 2.32. The third-order valence-corrected chi connectivity index (χ3v) is 3.59. The molecule has 0 saturated heterocycles. The summed E-state index contributed by atoms with van der Waals surface area (Å²) in [6, 6.07) is 13.4. The first-order valence-corrected chi connectivity index (χ1v) is 6.57. The quantitative estimate of drug-likeness (QED) is 0.677. The summed E-state index contributed by atoms with van der Waals surface area (Å²) < 4.78 is 7.30. The molecule has 0 amide bonds. The highest BCUT2D eigenvalue weighted by Gasteiger charge is 2.23. The van der Waals surface area contributed by atoms with Crippen LogP contribution in [0.5, 0.6) is 5.75 Å². The number of hydrogen-bond acceptors (Lipinski definition) is 3.